The van der Waals surface area contributed by atoms with Gasteiger partial charge in [0.15, 0.2) is 0 Å². The number of nitrogens with one attached hydrogen (secondary N) is 1. The van der Waals surface area contributed by atoms with E-state index in [0.717, 1.165) is 23.0 Å². The monoisotopic (exact) mass is 434 g/mol. The molecule has 1 N–H and O–H groups in total. The second-order valence-electron chi connectivity index (χ2n) is 6.96. The summed E-state index contributed by atoms with van der Waals surface area (Å²) in [5, 5.41) is 2.92. The van der Waals surface area contributed by atoms with Crippen molar-refractivity contribution in [2.24, 2.45) is 0 Å². The van der Waals surface area contributed by atoms with E-state index in [1.54, 1.807) is 6.07 Å². The van der Waals surface area contributed by atoms with E-state index in [1.165, 1.54) is 6.07 Å². The zero-order valence-electron chi connectivity index (χ0n) is 13.9. The van der Waals surface area contributed by atoms with Gasteiger partial charge in [0.2, 0.25) is 0 Å². The van der Waals surface area contributed by atoms with Gasteiger partial charge in [-0.15, -0.1) is 0 Å². The maximum atomic E-state index is 13.9. The minimum atomic E-state index is -0.498. The van der Waals surface area contributed by atoms with Crippen molar-refractivity contribution in [1.29, 1.82) is 0 Å². The summed E-state index contributed by atoms with van der Waals surface area (Å²) < 4.78 is 20.2. The Morgan fingerprint density at radius 3 is 2.91 bits per heavy atom. The third-order valence-electron chi connectivity index (χ3n) is 3.63. The molecule has 23 heavy (non-hydrogen) atoms. The van der Waals surface area contributed by atoms with Crippen molar-refractivity contribution < 1.29 is 13.9 Å². The number of amides is 1. The Bertz CT molecular complexity index is 560. The van der Waals surface area contributed by atoms with Crippen LogP contribution < -0.4 is 5.32 Å². The fraction of sp³-hybridized carbons (Fsp3) is 0.588. The van der Waals surface area contributed by atoms with Crippen LogP contribution >= 0.6 is 22.6 Å². The summed E-state index contributed by atoms with van der Waals surface area (Å²) in [4.78, 5) is 14.1. The largest absolute Gasteiger partial charge is 0.444 e. The summed E-state index contributed by atoms with van der Waals surface area (Å²) in [6, 6.07) is 5.20. The van der Waals surface area contributed by atoms with Gasteiger partial charge in [0.1, 0.15) is 11.4 Å². The molecule has 0 aliphatic carbocycles. The molecule has 1 aromatic carbocycles. The number of likely N-dealkylation sites (tertiary alicyclic amines) is 1. The Labute approximate surface area is 150 Å². The van der Waals surface area contributed by atoms with Crippen LogP contribution in [0.2, 0.25) is 0 Å². The summed E-state index contributed by atoms with van der Waals surface area (Å²) in [6.45, 7) is 7.73. The first-order valence-electron chi connectivity index (χ1n) is 7.89. The Hall–Kier alpha value is -0.890. The molecule has 1 amide bonds. The van der Waals surface area contributed by atoms with Crippen molar-refractivity contribution in [3.8, 4) is 0 Å². The van der Waals surface area contributed by atoms with Crippen LogP contribution in [0.3, 0.4) is 0 Å². The summed E-state index contributed by atoms with van der Waals surface area (Å²) in [6.07, 6.45) is 1.51. The van der Waals surface area contributed by atoms with E-state index in [4.69, 9.17) is 4.74 Å². The smallest absolute Gasteiger partial charge is 0.407 e. The molecule has 1 aliphatic rings. The minimum absolute atomic E-state index is 0.0458. The van der Waals surface area contributed by atoms with Crippen LogP contribution in [0.1, 0.15) is 39.2 Å². The van der Waals surface area contributed by atoms with E-state index < -0.39 is 5.60 Å². The van der Waals surface area contributed by atoms with Gasteiger partial charge in [-0.1, -0.05) is 0 Å². The van der Waals surface area contributed by atoms with Crippen LogP contribution in [0.5, 0.6) is 0 Å². The molecule has 128 valence electrons. The second-order valence-corrected chi connectivity index (χ2v) is 8.20. The summed E-state index contributed by atoms with van der Waals surface area (Å²) in [5.74, 6) is -0.173. The highest BCUT2D eigenvalue weighted by molar-refractivity contribution is 14.1. The highest BCUT2D eigenvalue weighted by atomic mass is 127. The van der Waals surface area contributed by atoms with E-state index in [9.17, 15) is 9.18 Å². The molecule has 0 saturated carbocycles. The molecular weight excluding hydrogens is 410 g/mol. The minimum Gasteiger partial charge on any atom is -0.444 e. The van der Waals surface area contributed by atoms with Gasteiger partial charge in [0.25, 0.3) is 0 Å². The number of carbonyl (C=O) groups is 1. The van der Waals surface area contributed by atoms with E-state index in [2.05, 4.69) is 32.8 Å². The van der Waals surface area contributed by atoms with Crippen molar-refractivity contribution in [3.63, 3.8) is 0 Å². The number of halogens is 2. The Balaban J connectivity index is 1.90. The van der Waals surface area contributed by atoms with E-state index in [0.29, 0.717) is 18.7 Å². The molecule has 0 radical (unpaired) electrons. The zero-order chi connectivity index (χ0) is 17.0. The molecule has 1 atom stereocenters. The molecule has 1 unspecified atom stereocenters. The van der Waals surface area contributed by atoms with Gasteiger partial charge in [-0.3, -0.25) is 4.90 Å². The number of rotatable bonds is 3. The number of nitrogens with zero attached hydrogens (tertiary/aromatic N) is 1. The number of ether oxygens (including phenoxy) is 1. The standard InChI is InChI=1S/C17H24FIN2O2/c1-17(2,3)23-16(22)20-14-5-4-8-21(11-14)10-12-9-13(19)6-7-15(12)18/h6-7,9,14H,4-5,8,10-11H2,1-3H3,(H,20,22). The molecular formula is C17H24FIN2O2. The Morgan fingerprint density at radius 2 is 2.22 bits per heavy atom. The van der Waals surface area contributed by atoms with Gasteiger partial charge in [0.05, 0.1) is 0 Å². The van der Waals surface area contributed by atoms with E-state index >= 15 is 0 Å². The van der Waals surface area contributed by atoms with Crippen molar-refractivity contribution in [3.05, 3.63) is 33.1 Å². The summed E-state index contributed by atoms with van der Waals surface area (Å²) in [5.41, 5.74) is 0.206. The number of benzene rings is 1. The predicted octanol–water partition coefficient (Wildman–Crippen LogP) is 3.92. The number of hydrogen-bond acceptors (Lipinski definition) is 3. The molecule has 1 saturated heterocycles. The lowest BCUT2D eigenvalue weighted by Gasteiger charge is -2.33. The molecule has 6 heteroatoms. The summed E-state index contributed by atoms with van der Waals surface area (Å²) >= 11 is 2.19. The molecule has 0 spiro atoms. The van der Waals surface area contributed by atoms with Crippen LogP contribution in [0.4, 0.5) is 9.18 Å². The Morgan fingerprint density at radius 1 is 1.48 bits per heavy atom. The molecule has 1 aliphatic heterocycles. The highest BCUT2D eigenvalue weighted by Gasteiger charge is 2.24. The molecule has 0 aromatic heterocycles. The maximum absolute atomic E-state index is 13.9. The normalized spacial score (nSPS) is 19.4. The number of piperidine rings is 1. The first-order chi connectivity index (χ1) is 10.7. The number of hydrogen-bond donors (Lipinski definition) is 1. The lowest BCUT2D eigenvalue weighted by molar-refractivity contribution is 0.0470. The topological polar surface area (TPSA) is 41.6 Å². The van der Waals surface area contributed by atoms with Crippen LogP contribution in [-0.2, 0) is 11.3 Å². The van der Waals surface area contributed by atoms with Crippen molar-refractivity contribution >= 4 is 28.7 Å². The van der Waals surface area contributed by atoms with Gasteiger partial charge in [0, 0.05) is 28.3 Å². The average molecular weight is 434 g/mol. The van der Waals surface area contributed by atoms with Gasteiger partial charge in [-0.25, -0.2) is 9.18 Å². The quantitative estimate of drug-likeness (QED) is 0.734. The molecule has 1 heterocycles. The fourth-order valence-electron chi connectivity index (χ4n) is 2.70. The zero-order valence-corrected chi connectivity index (χ0v) is 16.0. The Kier molecular flexibility index (Phi) is 6.25. The average Bonchev–Trinajstić information content (AvgIpc) is 2.41. The van der Waals surface area contributed by atoms with Gasteiger partial charge >= 0.3 is 6.09 Å². The predicted molar refractivity (Wildman–Crippen MR) is 96.8 cm³/mol. The molecule has 0 bridgehead atoms. The van der Waals surface area contributed by atoms with E-state index in [-0.39, 0.29) is 18.0 Å². The lowest BCUT2D eigenvalue weighted by atomic mass is 10.0. The van der Waals surface area contributed by atoms with Crippen molar-refractivity contribution in [2.75, 3.05) is 13.1 Å². The summed E-state index contributed by atoms with van der Waals surface area (Å²) in [7, 11) is 0. The first kappa shape index (κ1) is 18.4. The van der Waals surface area contributed by atoms with Crippen molar-refractivity contribution in [2.45, 2.75) is 51.8 Å². The van der Waals surface area contributed by atoms with Gasteiger partial charge in [-0.05, 0) is 80.9 Å². The van der Waals surface area contributed by atoms with Crippen LogP contribution in [0.15, 0.2) is 18.2 Å². The van der Waals surface area contributed by atoms with Crippen LogP contribution in [0, 0.1) is 9.39 Å². The molecule has 2 rings (SSSR count). The molecule has 1 fully saturated rings. The number of alkyl carbamates (subject to hydrolysis) is 1. The van der Waals surface area contributed by atoms with Crippen LogP contribution in [0.25, 0.3) is 0 Å². The SMILES string of the molecule is CC(C)(C)OC(=O)NC1CCCN(Cc2cc(I)ccc2F)C1. The maximum Gasteiger partial charge on any atom is 0.407 e. The van der Waals surface area contributed by atoms with Gasteiger partial charge < -0.3 is 10.1 Å². The third-order valence-corrected chi connectivity index (χ3v) is 4.30. The fourth-order valence-corrected chi connectivity index (χ4v) is 3.25. The number of carbonyl (C=O) groups excluding carboxylic acids is 1. The van der Waals surface area contributed by atoms with Crippen molar-refractivity contribution in [1.82, 2.24) is 10.2 Å². The first-order valence-corrected chi connectivity index (χ1v) is 8.96. The van der Waals surface area contributed by atoms with E-state index in [1.807, 2.05) is 26.8 Å². The van der Waals surface area contributed by atoms with Crippen LogP contribution in [-0.4, -0.2) is 35.7 Å². The molecule has 4 nitrogen and oxygen atoms in total. The third kappa shape index (κ3) is 6.25. The van der Waals surface area contributed by atoms with Gasteiger partial charge in [-0.2, -0.15) is 0 Å². The highest BCUT2D eigenvalue weighted by Crippen LogP contribution is 2.18. The molecule has 1 aromatic rings. The lowest BCUT2D eigenvalue weighted by Crippen LogP contribution is -2.48. The second kappa shape index (κ2) is 7.79.